The molecule has 28 heavy (non-hydrogen) atoms. The Morgan fingerprint density at radius 2 is 1.79 bits per heavy atom. The predicted molar refractivity (Wildman–Crippen MR) is 108 cm³/mol. The molecule has 0 aliphatic rings. The van der Waals surface area contributed by atoms with Gasteiger partial charge in [0.1, 0.15) is 0 Å². The van der Waals surface area contributed by atoms with Crippen LogP contribution >= 0.6 is 23.4 Å². The van der Waals surface area contributed by atoms with E-state index in [1.807, 2.05) is 6.07 Å². The molecule has 2 aromatic carbocycles. The summed E-state index contributed by atoms with van der Waals surface area (Å²) in [5, 5.41) is 3.23. The van der Waals surface area contributed by atoms with E-state index in [0.717, 1.165) is 18.0 Å². The number of nitrogens with one attached hydrogen (secondary N) is 2. The van der Waals surface area contributed by atoms with Crippen LogP contribution in [-0.4, -0.2) is 30.0 Å². The number of benzene rings is 2. The summed E-state index contributed by atoms with van der Waals surface area (Å²) in [5.74, 6) is -0.280. The third-order valence-electron chi connectivity index (χ3n) is 3.55. The van der Waals surface area contributed by atoms with E-state index in [1.165, 1.54) is 24.3 Å². The molecular formula is C18H14ClN3O4S2. The molecule has 3 aromatic rings. The van der Waals surface area contributed by atoms with Crippen LogP contribution < -0.4 is 10.9 Å². The second kappa shape index (κ2) is 8.59. The SMILES string of the molecule is O=C(CSc1ncc(S(=O)(=O)c2ccc(Cl)cc2)c(=O)[nH]1)Nc1ccccc1. The topological polar surface area (TPSA) is 109 Å². The first-order chi connectivity index (χ1) is 13.4. The Kier molecular flexibility index (Phi) is 6.18. The quantitative estimate of drug-likeness (QED) is 0.455. The maximum atomic E-state index is 12.6. The van der Waals surface area contributed by atoms with Gasteiger partial charge in [-0.25, -0.2) is 13.4 Å². The van der Waals surface area contributed by atoms with Gasteiger partial charge in [-0.15, -0.1) is 0 Å². The van der Waals surface area contributed by atoms with Gasteiger partial charge in [-0.2, -0.15) is 0 Å². The van der Waals surface area contributed by atoms with Gasteiger partial charge in [0.2, 0.25) is 15.7 Å². The van der Waals surface area contributed by atoms with Crippen molar-refractivity contribution in [1.29, 1.82) is 0 Å². The Balaban J connectivity index is 1.71. The number of halogens is 1. The lowest BCUT2D eigenvalue weighted by molar-refractivity contribution is -0.113. The second-order valence-corrected chi connectivity index (χ2v) is 8.86. The van der Waals surface area contributed by atoms with E-state index >= 15 is 0 Å². The van der Waals surface area contributed by atoms with Crippen LogP contribution in [0.3, 0.4) is 0 Å². The first-order valence-corrected chi connectivity index (χ1v) is 10.8. The number of hydrogen-bond acceptors (Lipinski definition) is 6. The molecule has 0 atom stereocenters. The van der Waals surface area contributed by atoms with Gasteiger partial charge in [-0.1, -0.05) is 41.6 Å². The van der Waals surface area contributed by atoms with Crippen LogP contribution in [0, 0.1) is 0 Å². The number of rotatable bonds is 6. The van der Waals surface area contributed by atoms with Gasteiger partial charge in [0, 0.05) is 10.7 Å². The Hall–Kier alpha value is -2.62. The zero-order valence-electron chi connectivity index (χ0n) is 14.3. The van der Waals surface area contributed by atoms with Crippen LogP contribution in [0.4, 0.5) is 5.69 Å². The number of nitrogens with zero attached hydrogens (tertiary/aromatic N) is 1. The molecule has 1 aromatic heterocycles. The Morgan fingerprint density at radius 3 is 2.43 bits per heavy atom. The molecular weight excluding hydrogens is 422 g/mol. The molecule has 0 aliphatic carbocycles. The van der Waals surface area contributed by atoms with Crippen LogP contribution in [0.25, 0.3) is 0 Å². The molecule has 0 aliphatic heterocycles. The van der Waals surface area contributed by atoms with E-state index in [1.54, 1.807) is 24.3 Å². The maximum absolute atomic E-state index is 12.6. The van der Waals surface area contributed by atoms with Gasteiger partial charge in [0.15, 0.2) is 10.1 Å². The number of aromatic amines is 1. The van der Waals surface area contributed by atoms with Crippen molar-refractivity contribution in [2.45, 2.75) is 14.9 Å². The van der Waals surface area contributed by atoms with Crippen molar-refractivity contribution >= 4 is 44.8 Å². The molecule has 7 nitrogen and oxygen atoms in total. The third-order valence-corrected chi connectivity index (χ3v) is 6.46. The fourth-order valence-electron chi connectivity index (χ4n) is 2.22. The van der Waals surface area contributed by atoms with E-state index in [2.05, 4.69) is 15.3 Å². The van der Waals surface area contributed by atoms with E-state index in [4.69, 9.17) is 11.6 Å². The van der Waals surface area contributed by atoms with Crippen LogP contribution in [0.5, 0.6) is 0 Å². The average Bonchev–Trinajstić information content (AvgIpc) is 2.67. The molecule has 144 valence electrons. The highest BCUT2D eigenvalue weighted by Crippen LogP contribution is 2.20. The molecule has 0 spiro atoms. The van der Waals surface area contributed by atoms with Crippen molar-refractivity contribution < 1.29 is 13.2 Å². The fraction of sp³-hybridized carbons (Fsp3) is 0.0556. The molecule has 0 bridgehead atoms. The molecule has 0 radical (unpaired) electrons. The minimum absolute atomic E-state index is 0.00111. The van der Waals surface area contributed by atoms with Gasteiger partial charge in [0.05, 0.1) is 16.8 Å². The third kappa shape index (κ3) is 4.80. The van der Waals surface area contributed by atoms with E-state index in [-0.39, 0.29) is 21.7 Å². The molecule has 1 amide bonds. The number of aromatic nitrogens is 2. The molecule has 2 N–H and O–H groups in total. The Bertz CT molecular complexity index is 1150. The highest BCUT2D eigenvalue weighted by atomic mass is 35.5. The number of amides is 1. The average molecular weight is 436 g/mol. The Morgan fingerprint density at radius 1 is 1.11 bits per heavy atom. The summed E-state index contributed by atoms with van der Waals surface area (Å²) in [5.41, 5.74) is -0.158. The van der Waals surface area contributed by atoms with Crippen LogP contribution in [-0.2, 0) is 14.6 Å². The predicted octanol–water partition coefficient (Wildman–Crippen LogP) is 2.99. The number of carbonyl (C=O) groups is 1. The molecule has 10 heteroatoms. The number of anilines is 1. The van der Waals surface area contributed by atoms with Crippen molar-refractivity contribution in [1.82, 2.24) is 9.97 Å². The number of thioether (sulfide) groups is 1. The molecule has 0 fully saturated rings. The van der Waals surface area contributed by atoms with Gasteiger partial charge in [-0.05, 0) is 36.4 Å². The van der Waals surface area contributed by atoms with Crippen LogP contribution in [0.2, 0.25) is 5.02 Å². The summed E-state index contributed by atoms with van der Waals surface area (Å²) in [4.78, 5) is 30.0. The first kappa shape index (κ1) is 20.1. The summed E-state index contributed by atoms with van der Waals surface area (Å²) in [6.45, 7) is 0. The highest BCUT2D eigenvalue weighted by Gasteiger charge is 2.22. The summed E-state index contributed by atoms with van der Waals surface area (Å²) >= 11 is 6.75. The first-order valence-electron chi connectivity index (χ1n) is 7.94. The minimum Gasteiger partial charge on any atom is -0.325 e. The van der Waals surface area contributed by atoms with E-state index in [9.17, 15) is 18.0 Å². The van der Waals surface area contributed by atoms with E-state index in [0.29, 0.717) is 10.7 Å². The van der Waals surface area contributed by atoms with Gasteiger partial charge in [-0.3, -0.25) is 9.59 Å². The summed E-state index contributed by atoms with van der Waals surface area (Å²) in [6, 6.07) is 14.4. The second-order valence-electron chi connectivity index (χ2n) is 5.54. The molecule has 0 saturated heterocycles. The van der Waals surface area contributed by atoms with Crippen molar-refractivity contribution in [3.8, 4) is 0 Å². The summed E-state index contributed by atoms with van der Waals surface area (Å²) in [7, 11) is -4.03. The standard InChI is InChI=1S/C18H14ClN3O4S2/c19-12-6-8-14(9-7-12)28(25,26)15-10-20-18(22-17(15)24)27-11-16(23)21-13-4-2-1-3-5-13/h1-10H,11H2,(H,21,23)(H,20,22,24). The van der Waals surface area contributed by atoms with Crippen molar-refractivity contribution in [3.05, 3.63) is 76.2 Å². The molecule has 0 unspecified atom stereocenters. The zero-order chi connectivity index (χ0) is 20.1. The lowest BCUT2D eigenvalue weighted by atomic mass is 10.3. The number of sulfone groups is 1. The molecule has 1 heterocycles. The van der Waals surface area contributed by atoms with E-state index < -0.39 is 20.3 Å². The monoisotopic (exact) mass is 435 g/mol. The number of carbonyl (C=O) groups excluding carboxylic acids is 1. The molecule has 3 rings (SSSR count). The van der Waals surface area contributed by atoms with Crippen molar-refractivity contribution in [2.24, 2.45) is 0 Å². The van der Waals surface area contributed by atoms with Crippen LogP contribution in [0.1, 0.15) is 0 Å². The minimum atomic E-state index is -4.03. The largest absolute Gasteiger partial charge is 0.325 e. The normalized spacial score (nSPS) is 11.2. The summed E-state index contributed by atoms with van der Waals surface area (Å²) in [6.07, 6.45) is 0.986. The lowest BCUT2D eigenvalue weighted by Gasteiger charge is -2.06. The summed E-state index contributed by atoms with van der Waals surface area (Å²) < 4.78 is 25.1. The van der Waals surface area contributed by atoms with Crippen molar-refractivity contribution in [3.63, 3.8) is 0 Å². The van der Waals surface area contributed by atoms with Gasteiger partial charge in [0.25, 0.3) is 5.56 Å². The number of hydrogen-bond donors (Lipinski definition) is 2. The van der Waals surface area contributed by atoms with Gasteiger partial charge >= 0.3 is 0 Å². The lowest BCUT2D eigenvalue weighted by Crippen LogP contribution is -2.20. The number of H-pyrrole nitrogens is 1. The van der Waals surface area contributed by atoms with Gasteiger partial charge < -0.3 is 10.3 Å². The smallest absolute Gasteiger partial charge is 0.270 e. The number of para-hydroxylation sites is 1. The molecule has 0 saturated carbocycles. The van der Waals surface area contributed by atoms with Crippen LogP contribution in [0.15, 0.2) is 80.5 Å². The fourth-order valence-corrected chi connectivity index (χ4v) is 4.22. The maximum Gasteiger partial charge on any atom is 0.270 e. The van der Waals surface area contributed by atoms with Crippen molar-refractivity contribution in [2.75, 3.05) is 11.1 Å². The Labute approximate surface area is 170 Å². The zero-order valence-corrected chi connectivity index (χ0v) is 16.6. The highest BCUT2D eigenvalue weighted by molar-refractivity contribution is 7.99.